The molecule has 1 N–H and O–H groups in total. The highest BCUT2D eigenvalue weighted by Gasteiger charge is 2.20. The second-order valence-corrected chi connectivity index (χ2v) is 6.51. The van der Waals surface area contributed by atoms with Crippen LogP contribution in [0.1, 0.15) is 37.4 Å². The first-order valence-corrected chi connectivity index (χ1v) is 7.86. The maximum atomic E-state index is 12.4. The van der Waals surface area contributed by atoms with Gasteiger partial charge in [-0.3, -0.25) is 4.79 Å². The Labute approximate surface area is 134 Å². The number of rotatable bonds is 5. The van der Waals surface area contributed by atoms with Crippen LogP contribution in [0.2, 0.25) is 0 Å². The summed E-state index contributed by atoms with van der Waals surface area (Å²) in [5.74, 6) is -1.14. The molecule has 0 saturated carbocycles. The van der Waals surface area contributed by atoms with E-state index in [1.54, 1.807) is 18.0 Å². The number of benzene rings is 1. The molecule has 0 spiro atoms. The fourth-order valence-corrected chi connectivity index (χ4v) is 2.97. The second-order valence-electron chi connectivity index (χ2n) is 5.42. The minimum absolute atomic E-state index is 0.0329. The lowest BCUT2D eigenvalue weighted by molar-refractivity contribution is 0.0701. The van der Waals surface area contributed by atoms with Crippen molar-refractivity contribution >= 4 is 23.2 Å². The molecule has 0 aliphatic rings. The molecule has 0 aliphatic carbocycles. The third-order valence-corrected chi connectivity index (χ3v) is 4.72. The Morgan fingerprint density at radius 2 is 1.73 bits per heavy atom. The summed E-state index contributed by atoms with van der Waals surface area (Å²) >= 11 is 1.01. The van der Waals surface area contributed by atoms with Gasteiger partial charge in [0.25, 0.3) is 5.91 Å². The van der Waals surface area contributed by atoms with Gasteiger partial charge in [0.2, 0.25) is 0 Å². The Hall–Kier alpha value is -2.14. The van der Waals surface area contributed by atoms with E-state index in [2.05, 4.69) is 24.3 Å². The van der Waals surface area contributed by atoms with Gasteiger partial charge in [0.1, 0.15) is 4.88 Å². The van der Waals surface area contributed by atoms with Crippen LogP contribution in [-0.4, -0.2) is 35.0 Å². The first kappa shape index (κ1) is 16.2. The summed E-state index contributed by atoms with van der Waals surface area (Å²) in [6, 6.07) is 11.3. The van der Waals surface area contributed by atoms with Gasteiger partial charge in [-0.1, -0.05) is 29.8 Å². The third kappa shape index (κ3) is 3.74. The molecule has 1 atom stereocenters. The first-order valence-electron chi connectivity index (χ1n) is 7.04. The maximum Gasteiger partial charge on any atom is 0.345 e. The van der Waals surface area contributed by atoms with Crippen LogP contribution in [0.5, 0.6) is 0 Å². The smallest absolute Gasteiger partial charge is 0.345 e. The lowest BCUT2D eigenvalue weighted by Gasteiger charge is -2.24. The zero-order valence-corrected chi connectivity index (χ0v) is 13.7. The van der Waals surface area contributed by atoms with Gasteiger partial charge in [-0.25, -0.2) is 4.79 Å². The van der Waals surface area contributed by atoms with Crippen molar-refractivity contribution in [2.24, 2.45) is 0 Å². The predicted molar refractivity (Wildman–Crippen MR) is 87.7 cm³/mol. The quantitative estimate of drug-likeness (QED) is 0.919. The van der Waals surface area contributed by atoms with Gasteiger partial charge >= 0.3 is 5.97 Å². The minimum atomic E-state index is -1.00. The van der Waals surface area contributed by atoms with Gasteiger partial charge < -0.3 is 10.0 Å². The number of hydrogen-bond acceptors (Lipinski definition) is 3. The summed E-state index contributed by atoms with van der Waals surface area (Å²) in [7, 11) is 1.75. The Morgan fingerprint density at radius 3 is 2.27 bits per heavy atom. The maximum absolute atomic E-state index is 12.4. The molecule has 0 saturated heterocycles. The van der Waals surface area contributed by atoms with Crippen molar-refractivity contribution in [1.82, 2.24) is 4.90 Å². The van der Waals surface area contributed by atoms with E-state index in [-0.39, 0.29) is 16.8 Å². The fourth-order valence-electron chi connectivity index (χ4n) is 2.14. The van der Waals surface area contributed by atoms with Crippen LogP contribution in [0, 0.1) is 6.92 Å². The number of aromatic carboxylic acids is 1. The number of aryl methyl sites for hydroxylation is 1. The van der Waals surface area contributed by atoms with Gasteiger partial charge in [0, 0.05) is 13.1 Å². The van der Waals surface area contributed by atoms with E-state index in [0.717, 1.165) is 17.8 Å². The molecule has 1 heterocycles. The standard InChI is InChI=1S/C17H19NO3S/c1-11-4-6-13(7-5-11)10-12(2)18(3)16(19)14-8-9-15(22-14)17(20)21/h4-9,12H,10H2,1-3H3,(H,20,21). The van der Waals surface area contributed by atoms with Gasteiger partial charge in [-0.05, 0) is 38.0 Å². The first-order chi connectivity index (χ1) is 10.4. The second kappa shape index (κ2) is 6.75. The van der Waals surface area contributed by atoms with E-state index in [9.17, 15) is 9.59 Å². The van der Waals surface area contributed by atoms with E-state index in [1.165, 1.54) is 17.2 Å². The summed E-state index contributed by atoms with van der Waals surface area (Å²) in [5, 5.41) is 8.93. The number of hydrogen-bond donors (Lipinski definition) is 1. The molecule has 1 amide bonds. The molecular weight excluding hydrogens is 298 g/mol. The SMILES string of the molecule is Cc1ccc(CC(C)N(C)C(=O)c2ccc(C(=O)O)s2)cc1. The summed E-state index contributed by atoms with van der Waals surface area (Å²) in [5.41, 5.74) is 2.38. The number of amides is 1. The van der Waals surface area contributed by atoms with Crippen LogP contribution in [0.15, 0.2) is 36.4 Å². The van der Waals surface area contributed by atoms with Crippen molar-refractivity contribution < 1.29 is 14.7 Å². The third-order valence-electron chi connectivity index (χ3n) is 3.66. The Balaban J connectivity index is 2.05. The molecule has 1 aromatic heterocycles. The number of carboxylic acid groups (broad SMARTS) is 1. The molecule has 0 fully saturated rings. The highest BCUT2D eigenvalue weighted by Crippen LogP contribution is 2.19. The van der Waals surface area contributed by atoms with Crippen LogP contribution in [-0.2, 0) is 6.42 Å². The van der Waals surface area contributed by atoms with Crippen LogP contribution in [0.4, 0.5) is 0 Å². The highest BCUT2D eigenvalue weighted by molar-refractivity contribution is 7.15. The van der Waals surface area contributed by atoms with Crippen molar-refractivity contribution in [2.45, 2.75) is 26.3 Å². The van der Waals surface area contributed by atoms with Crippen molar-refractivity contribution in [3.63, 3.8) is 0 Å². The van der Waals surface area contributed by atoms with E-state index in [0.29, 0.717) is 4.88 Å². The van der Waals surface area contributed by atoms with Gasteiger partial charge in [-0.15, -0.1) is 11.3 Å². The predicted octanol–water partition coefficient (Wildman–Crippen LogP) is 3.46. The lowest BCUT2D eigenvalue weighted by atomic mass is 10.0. The monoisotopic (exact) mass is 317 g/mol. The van der Waals surface area contributed by atoms with Crippen LogP contribution in [0.25, 0.3) is 0 Å². The van der Waals surface area contributed by atoms with Crippen molar-refractivity contribution in [3.8, 4) is 0 Å². The lowest BCUT2D eigenvalue weighted by Crippen LogP contribution is -2.36. The Morgan fingerprint density at radius 1 is 1.14 bits per heavy atom. The fraction of sp³-hybridized carbons (Fsp3) is 0.294. The number of carbonyl (C=O) groups is 2. The van der Waals surface area contributed by atoms with E-state index in [1.807, 2.05) is 13.8 Å². The Kier molecular flexibility index (Phi) is 4.98. The van der Waals surface area contributed by atoms with Gasteiger partial charge in [0.15, 0.2) is 0 Å². The van der Waals surface area contributed by atoms with Gasteiger partial charge in [-0.2, -0.15) is 0 Å². The molecule has 1 unspecified atom stereocenters. The zero-order valence-electron chi connectivity index (χ0n) is 12.9. The molecule has 0 radical (unpaired) electrons. The van der Waals surface area contributed by atoms with E-state index < -0.39 is 5.97 Å². The number of likely N-dealkylation sites (N-methyl/N-ethyl adjacent to an activating group) is 1. The molecular formula is C17H19NO3S. The van der Waals surface area contributed by atoms with Crippen LogP contribution < -0.4 is 0 Å². The molecule has 116 valence electrons. The number of carboxylic acids is 1. The summed E-state index contributed by atoms with van der Waals surface area (Å²) in [6.45, 7) is 4.03. The number of carbonyl (C=O) groups excluding carboxylic acids is 1. The average Bonchev–Trinajstić information content (AvgIpc) is 2.98. The molecule has 22 heavy (non-hydrogen) atoms. The van der Waals surface area contributed by atoms with Crippen molar-refractivity contribution in [1.29, 1.82) is 0 Å². The van der Waals surface area contributed by atoms with Crippen molar-refractivity contribution in [3.05, 3.63) is 57.3 Å². The van der Waals surface area contributed by atoms with Crippen LogP contribution >= 0.6 is 11.3 Å². The van der Waals surface area contributed by atoms with Gasteiger partial charge in [0.05, 0.1) is 4.88 Å². The molecule has 0 aliphatic heterocycles. The molecule has 1 aromatic carbocycles. The number of nitrogens with zero attached hydrogens (tertiary/aromatic N) is 1. The average molecular weight is 317 g/mol. The molecule has 4 nitrogen and oxygen atoms in total. The molecule has 2 rings (SSSR count). The highest BCUT2D eigenvalue weighted by atomic mass is 32.1. The zero-order chi connectivity index (χ0) is 16.3. The summed E-state index contributed by atoms with van der Waals surface area (Å²) in [6.07, 6.45) is 0.764. The summed E-state index contributed by atoms with van der Waals surface area (Å²) < 4.78 is 0. The molecule has 5 heteroatoms. The van der Waals surface area contributed by atoms with Crippen molar-refractivity contribution in [2.75, 3.05) is 7.05 Å². The minimum Gasteiger partial charge on any atom is -0.477 e. The van der Waals surface area contributed by atoms with Crippen LogP contribution in [0.3, 0.4) is 0 Å². The topological polar surface area (TPSA) is 57.6 Å². The van der Waals surface area contributed by atoms with E-state index >= 15 is 0 Å². The molecule has 2 aromatic rings. The Bertz CT molecular complexity index is 675. The normalized spacial score (nSPS) is 12.0. The molecule has 0 bridgehead atoms. The largest absolute Gasteiger partial charge is 0.477 e. The van der Waals surface area contributed by atoms with E-state index in [4.69, 9.17) is 5.11 Å². The number of thiophene rings is 1. The summed E-state index contributed by atoms with van der Waals surface area (Å²) in [4.78, 5) is 25.6.